The van der Waals surface area contributed by atoms with Crippen LogP contribution in [-0.4, -0.2) is 32.7 Å². The molecule has 0 fully saturated rings. The van der Waals surface area contributed by atoms with E-state index in [4.69, 9.17) is 11.6 Å². The Balaban J connectivity index is 2.16. The highest BCUT2D eigenvalue weighted by Gasteiger charge is 2.32. The molecule has 0 heterocycles. The Morgan fingerprint density at radius 2 is 1.83 bits per heavy atom. The van der Waals surface area contributed by atoms with Gasteiger partial charge in [0, 0.05) is 11.1 Å². The van der Waals surface area contributed by atoms with E-state index in [-0.39, 0.29) is 11.9 Å². The van der Waals surface area contributed by atoms with E-state index in [1.807, 2.05) is 32.0 Å². The van der Waals surface area contributed by atoms with Crippen LogP contribution < -0.4 is 9.62 Å². The summed E-state index contributed by atoms with van der Waals surface area (Å²) in [6.07, 6.45) is 3.05. The molecule has 0 aliphatic carbocycles. The molecular formula is C22H29ClN2O3S. The molecule has 0 bridgehead atoms. The average molecular weight is 437 g/mol. The lowest BCUT2D eigenvalue weighted by atomic mass is 10.1. The van der Waals surface area contributed by atoms with Crippen LogP contribution in [0, 0.1) is 6.92 Å². The number of nitrogens with one attached hydrogen (secondary N) is 1. The lowest BCUT2D eigenvalue weighted by Gasteiger charge is -2.31. The first-order chi connectivity index (χ1) is 13.6. The van der Waals surface area contributed by atoms with E-state index in [1.54, 1.807) is 25.1 Å². The fourth-order valence-electron chi connectivity index (χ4n) is 3.22. The number of amides is 1. The van der Waals surface area contributed by atoms with Gasteiger partial charge < -0.3 is 5.32 Å². The summed E-state index contributed by atoms with van der Waals surface area (Å²) in [5.41, 5.74) is 2.44. The number of carbonyl (C=O) groups excluding carboxylic acids is 1. The molecule has 0 spiro atoms. The Morgan fingerprint density at radius 1 is 1.17 bits per heavy atom. The molecule has 1 N–H and O–H groups in total. The van der Waals surface area contributed by atoms with Gasteiger partial charge in [0.2, 0.25) is 15.9 Å². The summed E-state index contributed by atoms with van der Waals surface area (Å²) in [7, 11) is -3.68. The molecule has 0 unspecified atom stereocenters. The fraction of sp³-hybridized carbons (Fsp3) is 0.409. The summed E-state index contributed by atoms with van der Waals surface area (Å²) < 4.78 is 26.2. The van der Waals surface area contributed by atoms with Gasteiger partial charge in [0.15, 0.2) is 0 Å². The molecule has 5 nitrogen and oxygen atoms in total. The van der Waals surface area contributed by atoms with Gasteiger partial charge in [0.1, 0.15) is 6.04 Å². The second-order valence-corrected chi connectivity index (χ2v) is 9.62. The zero-order chi connectivity index (χ0) is 21.6. The van der Waals surface area contributed by atoms with E-state index in [0.29, 0.717) is 17.1 Å². The summed E-state index contributed by atoms with van der Waals surface area (Å²) in [6, 6.07) is 14.1. The molecule has 0 aliphatic heterocycles. The number of hydrogen-bond acceptors (Lipinski definition) is 3. The van der Waals surface area contributed by atoms with Gasteiger partial charge in [-0.2, -0.15) is 0 Å². The third kappa shape index (κ3) is 6.47. The van der Waals surface area contributed by atoms with Crippen LogP contribution in [0.25, 0.3) is 0 Å². The Hall–Kier alpha value is -2.05. The largest absolute Gasteiger partial charge is 0.352 e. The molecule has 7 heteroatoms. The van der Waals surface area contributed by atoms with Crippen molar-refractivity contribution >= 4 is 33.2 Å². The third-order valence-electron chi connectivity index (χ3n) is 4.84. The van der Waals surface area contributed by atoms with Crippen molar-refractivity contribution in [1.82, 2.24) is 5.32 Å². The van der Waals surface area contributed by atoms with Crippen molar-refractivity contribution < 1.29 is 13.2 Å². The number of aryl methyl sites for hydroxylation is 2. The van der Waals surface area contributed by atoms with E-state index >= 15 is 0 Å². The number of sulfonamides is 1. The van der Waals surface area contributed by atoms with Gasteiger partial charge >= 0.3 is 0 Å². The highest BCUT2D eigenvalue weighted by molar-refractivity contribution is 7.92. The Bertz CT molecular complexity index is 932. The molecule has 158 valence electrons. The Labute approximate surface area is 179 Å². The molecule has 2 atom stereocenters. The quantitative estimate of drug-likeness (QED) is 0.636. The molecular weight excluding hydrogens is 408 g/mol. The lowest BCUT2D eigenvalue weighted by molar-refractivity contribution is -0.122. The summed E-state index contributed by atoms with van der Waals surface area (Å²) >= 11 is 6.20. The molecule has 1 amide bonds. The smallest absolute Gasteiger partial charge is 0.244 e. The monoisotopic (exact) mass is 436 g/mol. The molecule has 0 saturated carbocycles. The fourth-order valence-corrected chi connectivity index (χ4v) is 4.60. The maximum Gasteiger partial charge on any atom is 0.244 e. The van der Waals surface area contributed by atoms with E-state index in [9.17, 15) is 13.2 Å². The first kappa shape index (κ1) is 23.2. The second kappa shape index (κ2) is 10.1. The highest BCUT2D eigenvalue weighted by Crippen LogP contribution is 2.27. The van der Waals surface area contributed by atoms with Gasteiger partial charge in [-0.25, -0.2) is 8.42 Å². The number of nitrogens with zero attached hydrogens (tertiary/aromatic N) is 1. The van der Waals surface area contributed by atoms with Gasteiger partial charge in [0.25, 0.3) is 0 Å². The maximum atomic E-state index is 13.0. The summed E-state index contributed by atoms with van der Waals surface area (Å²) in [5.74, 6) is -0.310. The number of benzene rings is 2. The van der Waals surface area contributed by atoms with Crippen molar-refractivity contribution in [1.29, 1.82) is 0 Å². The van der Waals surface area contributed by atoms with E-state index in [0.717, 1.165) is 29.0 Å². The van der Waals surface area contributed by atoms with Crippen LogP contribution in [0.1, 0.15) is 37.8 Å². The number of rotatable bonds is 9. The normalized spacial score (nSPS) is 13.6. The number of hydrogen-bond donors (Lipinski definition) is 1. The molecule has 2 aromatic rings. The molecule has 2 aromatic carbocycles. The molecule has 0 aliphatic rings. The van der Waals surface area contributed by atoms with Gasteiger partial charge in [-0.15, -0.1) is 0 Å². The van der Waals surface area contributed by atoms with Crippen LogP contribution in [0.15, 0.2) is 48.5 Å². The maximum absolute atomic E-state index is 13.0. The first-order valence-corrected chi connectivity index (χ1v) is 12.0. The summed E-state index contributed by atoms with van der Waals surface area (Å²) in [5, 5.41) is 3.43. The van der Waals surface area contributed by atoms with Crippen molar-refractivity contribution in [2.75, 3.05) is 10.6 Å². The van der Waals surface area contributed by atoms with Crippen LogP contribution in [0.4, 0.5) is 5.69 Å². The average Bonchev–Trinajstić information content (AvgIpc) is 2.66. The van der Waals surface area contributed by atoms with Crippen molar-refractivity contribution in [2.45, 2.75) is 52.1 Å². The number of carbonyl (C=O) groups is 1. The lowest BCUT2D eigenvalue weighted by Crippen LogP contribution is -2.51. The van der Waals surface area contributed by atoms with E-state index in [2.05, 4.69) is 17.4 Å². The Morgan fingerprint density at radius 3 is 2.38 bits per heavy atom. The number of anilines is 1. The van der Waals surface area contributed by atoms with Crippen molar-refractivity contribution in [2.24, 2.45) is 0 Å². The van der Waals surface area contributed by atoms with E-state index < -0.39 is 16.1 Å². The topological polar surface area (TPSA) is 66.5 Å². The van der Waals surface area contributed by atoms with Crippen LogP contribution >= 0.6 is 11.6 Å². The predicted molar refractivity (Wildman–Crippen MR) is 120 cm³/mol. The first-order valence-electron chi connectivity index (χ1n) is 9.73. The minimum atomic E-state index is -3.68. The van der Waals surface area contributed by atoms with E-state index in [1.165, 1.54) is 5.56 Å². The minimum Gasteiger partial charge on any atom is -0.352 e. The number of halogens is 1. The highest BCUT2D eigenvalue weighted by atomic mass is 35.5. The molecule has 29 heavy (non-hydrogen) atoms. The second-order valence-electron chi connectivity index (χ2n) is 7.35. The minimum absolute atomic E-state index is 0.0835. The molecule has 2 rings (SSSR count). The summed E-state index contributed by atoms with van der Waals surface area (Å²) in [4.78, 5) is 13.0. The predicted octanol–water partition coefficient (Wildman–Crippen LogP) is 4.33. The van der Waals surface area contributed by atoms with Crippen LogP contribution in [0.3, 0.4) is 0 Å². The van der Waals surface area contributed by atoms with Crippen molar-refractivity contribution in [3.8, 4) is 0 Å². The summed E-state index contributed by atoms with van der Waals surface area (Å²) in [6.45, 7) is 5.57. The van der Waals surface area contributed by atoms with Crippen LogP contribution in [0.2, 0.25) is 5.02 Å². The van der Waals surface area contributed by atoms with Gasteiger partial charge in [-0.3, -0.25) is 9.10 Å². The van der Waals surface area contributed by atoms with Crippen LogP contribution in [0.5, 0.6) is 0 Å². The van der Waals surface area contributed by atoms with Gasteiger partial charge in [0.05, 0.1) is 11.9 Å². The molecule has 0 aromatic heterocycles. The van der Waals surface area contributed by atoms with Crippen molar-refractivity contribution in [3.63, 3.8) is 0 Å². The zero-order valence-corrected chi connectivity index (χ0v) is 18.9. The van der Waals surface area contributed by atoms with Gasteiger partial charge in [-0.05, 0) is 56.4 Å². The van der Waals surface area contributed by atoms with Crippen LogP contribution in [-0.2, 0) is 21.2 Å². The van der Waals surface area contributed by atoms with Crippen molar-refractivity contribution in [3.05, 3.63) is 64.7 Å². The zero-order valence-electron chi connectivity index (χ0n) is 17.4. The molecule has 0 radical (unpaired) electrons. The third-order valence-corrected chi connectivity index (χ3v) is 6.42. The Kier molecular flexibility index (Phi) is 8.11. The SMILES string of the molecule is CC[C@@H](C(=O)N[C@@H](C)CCc1ccccc1)N(c1ccc(C)c(Cl)c1)S(C)(=O)=O. The standard InChI is InChI=1S/C22H29ClN2O3S/c1-5-21(22(26)24-17(3)12-13-18-9-7-6-8-10-18)25(29(4,27)28)19-14-11-16(2)20(23)15-19/h6-11,14-15,17,21H,5,12-13H2,1-4H3,(H,24,26)/t17-,21-/m0/s1. The van der Waals surface area contributed by atoms with Gasteiger partial charge in [-0.1, -0.05) is 54.9 Å². The molecule has 0 saturated heterocycles.